The highest BCUT2D eigenvalue weighted by Gasteiger charge is 2.17. The number of thiol groups is 1. The fourth-order valence-corrected chi connectivity index (χ4v) is 1.25. The van der Waals surface area contributed by atoms with Crippen molar-refractivity contribution in [1.29, 1.82) is 0 Å². The van der Waals surface area contributed by atoms with Gasteiger partial charge in [-0.3, -0.25) is 4.79 Å². The van der Waals surface area contributed by atoms with E-state index in [9.17, 15) is 18.8 Å². The summed E-state index contributed by atoms with van der Waals surface area (Å²) in [5.41, 5.74) is 0.331. The quantitative estimate of drug-likeness (QED) is 0.604. The van der Waals surface area contributed by atoms with Gasteiger partial charge in [-0.15, -0.1) is 0 Å². The van der Waals surface area contributed by atoms with Gasteiger partial charge in [0, 0.05) is 5.75 Å². The largest absolute Gasteiger partial charge is 0.480 e. The molecule has 0 aliphatic heterocycles. The second-order valence-electron chi connectivity index (χ2n) is 3.45. The molecular weight excluding hydrogens is 289 g/mol. The predicted octanol–water partition coefficient (Wildman–Crippen LogP) is 0.840. The third-order valence-electron chi connectivity index (χ3n) is 1.96. The van der Waals surface area contributed by atoms with Gasteiger partial charge < -0.3 is 15.5 Å². The van der Waals surface area contributed by atoms with Crippen LogP contribution in [-0.2, 0) is 9.59 Å². The van der Waals surface area contributed by atoms with Gasteiger partial charge in [0.25, 0.3) is 5.91 Å². The maximum Gasteiger partial charge on any atom is 0.335 e. The summed E-state index contributed by atoms with van der Waals surface area (Å²) in [6.45, 7) is -1.21. The van der Waals surface area contributed by atoms with Crippen molar-refractivity contribution in [2.24, 2.45) is 0 Å². The average Bonchev–Trinajstić information content (AvgIpc) is 2.45. The molecule has 3 N–H and O–H groups in total. The number of hydrogen-bond donors (Lipinski definition) is 4. The lowest BCUT2D eigenvalue weighted by Gasteiger charge is -2.09. The first kappa shape index (κ1) is 17.9. The third kappa shape index (κ3) is 7.37. The summed E-state index contributed by atoms with van der Waals surface area (Å²) < 4.78 is 11.5. The van der Waals surface area contributed by atoms with Crippen molar-refractivity contribution in [3.8, 4) is 0 Å². The summed E-state index contributed by atoms with van der Waals surface area (Å²) >= 11 is 3.65. The van der Waals surface area contributed by atoms with Gasteiger partial charge in [-0.05, 0) is 12.1 Å². The number of aromatic carboxylic acids is 1. The lowest BCUT2D eigenvalue weighted by molar-refractivity contribution is -0.141. The summed E-state index contributed by atoms with van der Waals surface area (Å²) in [6, 6.07) is 7.19. The summed E-state index contributed by atoms with van der Waals surface area (Å²) in [6.07, 6.45) is 0. The van der Waals surface area contributed by atoms with E-state index < -0.39 is 30.6 Å². The minimum absolute atomic E-state index is 0.0545. The van der Waals surface area contributed by atoms with Gasteiger partial charge in [0.15, 0.2) is 6.67 Å². The number of carboxylic acids is 2. The molecule has 1 atom stereocenters. The zero-order chi connectivity index (χ0) is 15.5. The SMILES string of the molecule is O=C(CF)NC(CS)C(=O)O.O=C(O)c1ccccc1. The van der Waals surface area contributed by atoms with Crippen molar-refractivity contribution in [1.82, 2.24) is 5.32 Å². The van der Waals surface area contributed by atoms with Crippen LogP contribution in [0.3, 0.4) is 0 Å². The molecule has 20 heavy (non-hydrogen) atoms. The molecule has 0 aliphatic carbocycles. The van der Waals surface area contributed by atoms with Crippen molar-refractivity contribution in [3.63, 3.8) is 0 Å². The van der Waals surface area contributed by atoms with Crippen LogP contribution in [0.4, 0.5) is 4.39 Å². The van der Waals surface area contributed by atoms with Gasteiger partial charge in [0.1, 0.15) is 6.04 Å². The number of hydrogen-bond acceptors (Lipinski definition) is 4. The van der Waals surface area contributed by atoms with Crippen LogP contribution < -0.4 is 5.32 Å². The van der Waals surface area contributed by atoms with Gasteiger partial charge in [-0.1, -0.05) is 18.2 Å². The van der Waals surface area contributed by atoms with Gasteiger partial charge in [-0.2, -0.15) is 12.6 Å². The van der Waals surface area contributed by atoms with Crippen LogP contribution in [0.5, 0.6) is 0 Å². The molecule has 8 heteroatoms. The zero-order valence-corrected chi connectivity index (χ0v) is 11.2. The number of carbonyl (C=O) groups is 3. The number of nitrogens with one attached hydrogen (secondary N) is 1. The molecule has 1 unspecified atom stereocenters. The van der Waals surface area contributed by atoms with E-state index in [0.717, 1.165) is 0 Å². The molecular formula is C12H14FNO5S. The van der Waals surface area contributed by atoms with Gasteiger partial charge >= 0.3 is 11.9 Å². The van der Waals surface area contributed by atoms with Crippen molar-refractivity contribution >= 4 is 30.5 Å². The maximum atomic E-state index is 11.5. The second kappa shape index (κ2) is 9.79. The Bertz CT molecular complexity index is 454. The zero-order valence-electron chi connectivity index (χ0n) is 10.3. The number of benzene rings is 1. The molecule has 0 heterocycles. The molecule has 0 spiro atoms. The number of carbonyl (C=O) groups excluding carboxylic acids is 1. The second-order valence-corrected chi connectivity index (χ2v) is 3.81. The molecule has 1 rings (SSSR count). The number of rotatable bonds is 5. The molecule has 0 saturated heterocycles. The molecule has 110 valence electrons. The predicted molar refractivity (Wildman–Crippen MR) is 72.8 cm³/mol. The highest BCUT2D eigenvalue weighted by Crippen LogP contribution is 1.96. The molecule has 0 aromatic heterocycles. The van der Waals surface area contributed by atoms with Gasteiger partial charge in [-0.25, -0.2) is 14.0 Å². The topological polar surface area (TPSA) is 104 Å². The van der Waals surface area contributed by atoms with Crippen molar-refractivity contribution in [2.75, 3.05) is 12.4 Å². The molecule has 0 saturated carbocycles. The lowest BCUT2D eigenvalue weighted by atomic mass is 10.2. The smallest absolute Gasteiger partial charge is 0.335 e. The Morgan fingerprint density at radius 1 is 1.20 bits per heavy atom. The fourth-order valence-electron chi connectivity index (χ4n) is 0.999. The van der Waals surface area contributed by atoms with Crippen LogP contribution in [0.2, 0.25) is 0 Å². The van der Waals surface area contributed by atoms with E-state index in [4.69, 9.17) is 10.2 Å². The molecule has 1 aromatic carbocycles. The Labute approximate surface area is 120 Å². The molecule has 1 amide bonds. The van der Waals surface area contributed by atoms with Crippen LogP contribution in [0.1, 0.15) is 10.4 Å². The van der Waals surface area contributed by atoms with E-state index in [2.05, 4.69) is 12.6 Å². The molecule has 1 aromatic rings. The van der Waals surface area contributed by atoms with Gasteiger partial charge in [0.2, 0.25) is 0 Å². The third-order valence-corrected chi connectivity index (χ3v) is 2.32. The summed E-state index contributed by atoms with van der Waals surface area (Å²) in [7, 11) is 0. The summed E-state index contributed by atoms with van der Waals surface area (Å²) in [5.74, 6) is -3.09. The monoisotopic (exact) mass is 303 g/mol. The number of carboxylic acid groups (broad SMARTS) is 2. The first-order valence-corrected chi connectivity index (χ1v) is 6.03. The van der Waals surface area contributed by atoms with Crippen LogP contribution in [0.25, 0.3) is 0 Å². The molecule has 0 fully saturated rings. The number of alkyl halides is 1. The van der Waals surface area contributed by atoms with E-state index in [0.29, 0.717) is 5.56 Å². The molecule has 0 radical (unpaired) electrons. The van der Waals surface area contributed by atoms with Crippen molar-refractivity contribution in [2.45, 2.75) is 6.04 Å². The van der Waals surface area contributed by atoms with Crippen LogP contribution in [-0.4, -0.2) is 46.5 Å². The minimum atomic E-state index is -1.22. The summed E-state index contributed by atoms with van der Waals surface area (Å²) in [4.78, 5) is 30.7. The molecule has 0 bridgehead atoms. The Hall–Kier alpha value is -2.09. The van der Waals surface area contributed by atoms with Crippen LogP contribution in [0, 0.1) is 0 Å². The highest BCUT2D eigenvalue weighted by molar-refractivity contribution is 7.80. The van der Waals surface area contributed by atoms with Crippen molar-refractivity contribution in [3.05, 3.63) is 35.9 Å². The number of amides is 1. The number of aliphatic carboxylic acids is 1. The number of halogens is 1. The minimum Gasteiger partial charge on any atom is -0.480 e. The standard InChI is InChI=1S/C7H6O2.C5H8FNO3S/c8-7(9)6-4-2-1-3-5-6;6-1-4(8)7-3(2-11)5(9)10/h1-5H,(H,8,9);3,11H,1-2H2,(H,7,8)(H,9,10). The Balaban J connectivity index is 0.000000367. The molecule has 6 nitrogen and oxygen atoms in total. The van der Waals surface area contributed by atoms with Crippen LogP contribution in [0.15, 0.2) is 30.3 Å². The first-order valence-electron chi connectivity index (χ1n) is 5.39. The van der Waals surface area contributed by atoms with E-state index in [1.54, 1.807) is 30.3 Å². The lowest BCUT2D eigenvalue weighted by Crippen LogP contribution is -2.42. The average molecular weight is 303 g/mol. The van der Waals surface area contributed by atoms with E-state index in [1.165, 1.54) is 0 Å². The Kier molecular flexibility index (Phi) is 8.77. The molecule has 0 aliphatic rings. The van der Waals surface area contributed by atoms with E-state index in [1.807, 2.05) is 5.32 Å². The van der Waals surface area contributed by atoms with E-state index in [-0.39, 0.29) is 5.75 Å². The summed E-state index contributed by atoms with van der Waals surface area (Å²) in [5, 5.41) is 18.6. The van der Waals surface area contributed by atoms with E-state index >= 15 is 0 Å². The normalized spacial score (nSPS) is 10.7. The maximum absolute atomic E-state index is 11.5. The first-order chi connectivity index (χ1) is 9.42. The van der Waals surface area contributed by atoms with Gasteiger partial charge in [0.05, 0.1) is 5.56 Å². The highest BCUT2D eigenvalue weighted by atomic mass is 32.1. The Morgan fingerprint density at radius 3 is 2.05 bits per heavy atom. The van der Waals surface area contributed by atoms with Crippen LogP contribution >= 0.6 is 12.6 Å². The Morgan fingerprint density at radius 2 is 1.75 bits per heavy atom. The fraction of sp³-hybridized carbons (Fsp3) is 0.250. The van der Waals surface area contributed by atoms with Crippen molar-refractivity contribution < 1.29 is 29.0 Å².